The van der Waals surface area contributed by atoms with Crippen LogP contribution in [0.15, 0.2) is 27.9 Å². The number of allylic oxidation sites excluding steroid dienone is 3. The molecule has 2 rings (SSSR count). The fourth-order valence-corrected chi connectivity index (χ4v) is 1.74. The zero-order chi connectivity index (χ0) is 7.84. The van der Waals surface area contributed by atoms with Crippen LogP contribution in [0.4, 0.5) is 0 Å². The topological polar surface area (TPSA) is 12.4 Å². The van der Waals surface area contributed by atoms with Gasteiger partial charge in [-0.05, 0) is 32.3 Å². The molecule has 0 fully saturated rings. The van der Waals surface area contributed by atoms with E-state index in [0.29, 0.717) is 0 Å². The van der Waals surface area contributed by atoms with Gasteiger partial charge in [-0.15, -0.1) is 0 Å². The lowest BCUT2D eigenvalue weighted by Crippen LogP contribution is -1.99. The van der Waals surface area contributed by atoms with E-state index in [1.54, 1.807) is 0 Å². The van der Waals surface area contributed by atoms with E-state index in [9.17, 15) is 0 Å². The van der Waals surface area contributed by atoms with Gasteiger partial charge in [-0.3, -0.25) is 4.99 Å². The molecule has 0 saturated heterocycles. The second-order valence-corrected chi connectivity index (χ2v) is 3.49. The van der Waals surface area contributed by atoms with Gasteiger partial charge in [0.1, 0.15) is 0 Å². The van der Waals surface area contributed by atoms with E-state index in [4.69, 9.17) is 0 Å². The lowest BCUT2D eigenvalue weighted by atomic mass is 10.1. The summed E-state index contributed by atoms with van der Waals surface area (Å²) in [7, 11) is 0. The Kier molecular flexibility index (Phi) is 1.45. The van der Waals surface area contributed by atoms with Crippen molar-refractivity contribution in [3.8, 4) is 0 Å². The standard InChI is InChI=1S/C10H13N/c1-7-5-9-4-3-8(2)11-10(9)6-7/h5H,3-4,6H2,1-2H3. The molecule has 0 aromatic carbocycles. The van der Waals surface area contributed by atoms with Crippen molar-refractivity contribution in [2.75, 3.05) is 0 Å². The molecule has 1 heteroatoms. The van der Waals surface area contributed by atoms with Gasteiger partial charge in [-0.1, -0.05) is 11.6 Å². The molecular weight excluding hydrogens is 134 g/mol. The quantitative estimate of drug-likeness (QED) is 0.499. The minimum absolute atomic E-state index is 1.09. The van der Waals surface area contributed by atoms with E-state index in [-0.39, 0.29) is 0 Å². The third-order valence-electron chi connectivity index (χ3n) is 2.32. The summed E-state index contributed by atoms with van der Waals surface area (Å²) in [4.78, 5) is 4.54. The fraction of sp³-hybridized carbons (Fsp3) is 0.500. The van der Waals surface area contributed by atoms with Gasteiger partial charge in [0.05, 0.1) is 0 Å². The molecule has 1 heterocycles. The highest BCUT2D eigenvalue weighted by molar-refractivity contribution is 5.84. The first-order chi connectivity index (χ1) is 5.25. The maximum Gasteiger partial charge on any atom is 0.0475 e. The summed E-state index contributed by atoms with van der Waals surface area (Å²) in [6, 6.07) is 0. The number of hydrogen-bond donors (Lipinski definition) is 0. The molecule has 0 spiro atoms. The molecule has 0 saturated carbocycles. The van der Waals surface area contributed by atoms with Crippen LogP contribution in [0.2, 0.25) is 0 Å². The molecule has 1 nitrogen and oxygen atoms in total. The minimum Gasteiger partial charge on any atom is -0.262 e. The zero-order valence-corrected chi connectivity index (χ0v) is 7.15. The normalized spacial score (nSPS) is 23.1. The average Bonchev–Trinajstić information content (AvgIpc) is 2.27. The van der Waals surface area contributed by atoms with Crippen LogP contribution < -0.4 is 0 Å². The summed E-state index contributed by atoms with van der Waals surface area (Å²) < 4.78 is 0. The first-order valence-corrected chi connectivity index (χ1v) is 4.19. The van der Waals surface area contributed by atoms with Gasteiger partial charge >= 0.3 is 0 Å². The van der Waals surface area contributed by atoms with E-state index in [2.05, 4.69) is 24.9 Å². The summed E-state index contributed by atoms with van der Waals surface area (Å²) in [5.41, 5.74) is 5.57. The minimum atomic E-state index is 1.09. The van der Waals surface area contributed by atoms with Crippen molar-refractivity contribution in [1.82, 2.24) is 0 Å². The zero-order valence-electron chi connectivity index (χ0n) is 7.15. The maximum atomic E-state index is 4.54. The third-order valence-corrected chi connectivity index (χ3v) is 2.32. The molecule has 2 aliphatic rings. The third kappa shape index (κ3) is 1.15. The molecule has 1 aliphatic heterocycles. The smallest absolute Gasteiger partial charge is 0.0475 e. The summed E-state index contributed by atoms with van der Waals surface area (Å²) >= 11 is 0. The molecule has 0 radical (unpaired) electrons. The largest absolute Gasteiger partial charge is 0.262 e. The van der Waals surface area contributed by atoms with Crippen LogP contribution in [-0.4, -0.2) is 5.71 Å². The molecule has 0 bridgehead atoms. The fourth-order valence-electron chi connectivity index (χ4n) is 1.74. The van der Waals surface area contributed by atoms with Gasteiger partial charge < -0.3 is 0 Å². The summed E-state index contributed by atoms with van der Waals surface area (Å²) in [6.07, 6.45) is 5.75. The van der Waals surface area contributed by atoms with Crippen LogP contribution in [0.1, 0.15) is 33.1 Å². The molecule has 1 aliphatic carbocycles. The van der Waals surface area contributed by atoms with E-state index in [0.717, 1.165) is 12.8 Å². The Morgan fingerprint density at radius 3 is 2.91 bits per heavy atom. The van der Waals surface area contributed by atoms with Crippen LogP contribution in [-0.2, 0) is 0 Å². The van der Waals surface area contributed by atoms with Crippen LogP contribution in [0.5, 0.6) is 0 Å². The van der Waals surface area contributed by atoms with E-state index in [1.165, 1.54) is 29.0 Å². The summed E-state index contributed by atoms with van der Waals surface area (Å²) in [5, 5.41) is 0. The lowest BCUT2D eigenvalue weighted by Gasteiger charge is -2.09. The highest BCUT2D eigenvalue weighted by Crippen LogP contribution is 2.31. The highest BCUT2D eigenvalue weighted by Gasteiger charge is 2.16. The molecule has 58 valence electrons. The highest BCUT2D eigenvalue weighted by atomic mass is 14.8. The molecule has 0 aromatic rings. The SMILES string of the molecule is CC1=CC2=C(C1)N=C(C)CC2. The van der Waals surface area contributed by atoms with Crippen molar-refractivity contribution in [3.63, 3.8) is 0 Å². The second kappa shape index (κ2) is 2.33. The van der Waals surface area contributed by atoms with Crippen molar-refractivity contribution < 1.29 is 0 Å². The number of rotatable bonds is 0. The van der Waals surface area contributed by atoms with Gasteiger partial charge in [0.2, 0.25) is 0 Å². The molecule has 0 atom stereocenters. The van der Waals surface area contributed by atoms with E-state index in [1.807, 2.05) is 0 Å². The molecular formula is C10H13N. The second-order valence-electron chi connectivity index (χ2n) is 3.49. The lowest BCUT2D eigenvalue weighted by molar-refractivity contribution is 0.958. The van der Waals surface area contributed by atoms with Gasteiger partial charge in [0.25, 0.3) is 0 Å². The molecule has 11 heavy (non-hydrogen) atoms. The van der Waals surface area contributed by atoms with Gasteiger partial charge in [-0.2, -0.15) is 0 Å². The van der Waals surface area contributed by atoms with Crippen molar-refractivity contribution in [3.05, 3.63) is 22.9 Å². The Labute approximate surface area is 67.5 Å². The Morgan fingerprint density at radius 2 is 2.09 bits per heavy atom. The van der Waals surface area contributed by atoms with Gasteiger partial charge in [-0.25, -0.2) is 0 Å². The van der Waals surface area contributed by atoms with Crippen molar-refractivity contribution in [2.24, 2.45) is 4.99 Å². The van der Waals surface area contributed by atoms with Gasteiger partial charge in [0.15, 0.2) is 0 Å². The van der Waals surface area contributed by atoms with Crippen LogP contribution >= 0.6 is 0 Å². The van der Waals surface area contributed by atoms with E-state index < -0.39 is 0 Å². The Hall–Kier alpha value is -0.850. The predicted molar refractivity (Wildman–Crippen MR) is 47.7 cm³/mol. The molecule has 0 N–H and O–H groups in total. The predicted octanol–water partition coefficient (Wildman–Crippen LogP) is 2.85. The summed E-state index contributed by atoms with van der Waals surface area (Å²) in [5.74, 6) is 0. The number of aliphatic imine (C=N–C) groups is 1. The average molecular weight is 147 g/mol. The van der Waals surface area contributed by atoms with Crippen molar-refractivity contribution in [2.45, 2.75) is 33.1 Å². The van der Waals surface area contributed by atoms with Crippen LogP contribution in [0, 0.1) is 0 Å². The number of hydrogen-bond acceptors (Lipinski definition) is 1. The molecule has 0 unspecified atom stereocenters. The first-order valence-electron chi connectivity index (χ1n) is 4.19. The Bertz CT molecular complexity index is 279. The Balaban J connectivity index is 2.31. The van der Waals surface area contributed by atoms with E-state index >= 15 is 0 Å². The maximum absolute atomic E-state index is 4.54. The molecule has 0 aromatic heterocycles. The van der Waals surface area contributed by atoms with Crippen molar-refractivity contribution in [1.29, 1.82) is 0 Å². The van der Waals surface area contributed by atoms with Crippen LogP contribution in [0.3, 0.4) is 0 Å². The number of nitrogens with zero attached hydrogens (tertiary/aromatic N) is 1. The van der Waals surface area contributed by atoms with Crippen LogP contribution in [0.25, 0.3) is 0 Å². The van der Waals surface area contributed by atoms with Gasteiger partial charge in [0, 0.05) is 17.8 Å². The Morgan fingerprint density at radius 1 is 1.27 bits per heavy atom. The monoisotopic (exact) mass is 147 g/mol. The van der Waals surface area contributed by atoms with Crippen molar-refractivity contribution >= 4 is 5.71 Å². The molecule has 0 amide bonds. The first kappa shape index (κ1) is 6.84. The summed E-state index contributed by atoms with van der Waals surface area (Å²) in [6.45, 7) is 4.31.